The third-order valence-corrected chi connectivity index (χ3v) is 3.83. The summed E-state index contributed by atoms with van der Waals surface area (Å²) in [4.78, 5) is 24.6. The zero-order valence-electron chi connectivity index (χ0n) is 9.51. The molecule has 0 radical (unpaired) electrons. The van der Waals surface area contributed by atoms with Gasteiger partial charge in [0.05, 0.1) is 17.9 Å². The summed E-state index contributed by atoms with van der Waals surface area (Å²) in [6.45, 7) is 4.50. The molecule has 16 heavy (non-hydrogen) atoms. The van der Waals surface area contributed by atoms with Crippen LogP contribution in [0, 0.1) is 17.3 Å². The Balaban J connectivity index is 2.04. The lowest BCUT2D eigenvalue weighted by atomic mass is 10.1. The van der Waals surface area contributed by atoms with E-state index in [0.717, 1.165) is 0 Å². The molecule has 0 bridgehead atoms. The van der Waals surface area contributed by atoms with Gasteiger partial charge >= 0.3 is 5.97 Å². The first-order valence-corrected chi connectivity index (χ1v) is 5.55. The lowest BCUT2D eigenvalue weighted by Crippen LogP contribution is -2.32. The van der Waals surface area contributed by atoms with Gasteiger partial charge in [0.2, 0.25) is 5.91 Å². The Hall–Kier alpha value is -1.10. The predicted molar refractivity (Wildman–Crippen MR) is 55.6 cm³/mol. The van der Waals surface area contributed by atoms with Gasteiger partial charge < -0.3 is 15.1 Å². The van der Waals surface area contributed by atoms with Gasteiger partial charge in [-0.25, -0.2) is 0 Å². The number of aliphatic hydroxyl groups excluding tert-OH is 1. The Kier molecular flexibility index (Phi) is 2.45. The zero-order valence-corrected chi connectivity index (χ0v) is 9.51. The van der Waals surface area contributed by atoms with Crippen LogP contribution in [-0.2, 0) is 9.59 Å². The molecule has 0 aromatic rings. The van der Waals surface area contributed by atoms with Gasteiger partial charge in [-0.3, -0.25) is 9.59 Å². The highest BCUT2D eigenvalue weighted by Crippen LogP contribution is 2.59. The normalized spacial score (nSPS) is 36.2. The minimum atomic E-state index is -0.900. The molecule has 2 unspecified atom stereocenters. The number of likely N-dealkylation sites (tertiary alicyclic amines) is 1. The topological polar surface area (TPSA) is 77.8 Å². The molecule has 1 aliphatic heterocycles. The molecule has 3 atom stereocenters. The molecule has 0 aromatic heterocycles. The number of carbonyl (C=O) groups excluding carboxylic acids is 1. The summed E-state index contributed by atoms with van der Waals surface area (Å²) in [5, 5.41) is 18.3. The predicted octanol–water partition coefficient (Wildman–Crippen LogP) is -0.0636. The lowest BCUT2D eigenvalue weighted by molar-refractivity contribution is -0.141. The number of hydrogen-bond donors (Lipinski definition) is 2. The average Bonchev–Trinajstić information content (AvgIpc) is 2.54. The smallest absolute Gasteiger partial charge is 0.307 e. The number of β-amino-alcohol motifs (C(OH)–C–C–N with tert-alkyl or cyclic N) is 1. The Morgan fingerprint density at radius 3 is 2.31 bits per heavy atom. The number of carboxylic acid groups (broad SMARTS) is 1. The summed E-state index contributed by atoms with van der Waals surface area (Å²) in [5.41, 5.74) is -0.448. The van der Waals surface area contributed by atoms with Crippen LogP contribution in [0.3, 0.4) is 0 Å². The molecule has 1 saturated heterocycles. The first kappa shape index (κ1) is 11.4. The van der Waals surface area contributed by atoms with Gasteiger partial charge in [0.25, 0.3) is 0 Å². The summed E-state index contributed by atoms with van der Waals surface area (Å²) >= 11 is 0. The van der Waals surface area contributed by atoms with Crippen molar-refractivity contribution in [2.24, 2.45) is 17.3 Å². The van der Waals surface area contributed by atoms with E-state index in [1.54, 1.807) is 18.7 Å². The number of nitrogens with zero attached hydrogens (tertiary/aromatic N) is 1. The van der Waals surface area contributed by atoms with E-state index in [2.05, 4.69) is 0 Å². The number of aliphatic hydroxyl groups is 1. The van der Waals surface area contributed by atoms with Crippen LogP contribution in [0.15, 0.2) is 0 Å². The van der Waals surface area contributed by atoms with Crippen LogP contribution >= 0.6 is 0 Å². The third kappa shape index (κ3) is 1.59. The summed E-state index contributed by atoms with van der Waals surface area (Å²) in [5.74, 6) is -2.01. The van der Waals surface area contributed by atoms with Gasteiger partial charge in [0.1, 0.15) is 0 Å². The van der Waals surface area contributed by atoms with Crippen molar-refractivity contribution in [1.82, 2.24) is 4.90 Å². The maximum atomic E-state index is 12.0. The lowest BCUT2D eigenvalue weighted by Gasteiger charge is -2.16. The second-order valence-electron chi connectivity index (χ2n) is 5.34. The standard InChI is InChI=1S/C11H17NO4/c1-11(2)7(8(11)10(15)16)9(14)12-4-3-6(13)5-12/h6-8,13H,3-5H2,1-2H3,(H,15,16)/t6-,7?,8?/m0/s1. The summed E-state index contributed by atoms with van der Waals surface area (Å²) < 4.78 is 0. The molecule has 0 spiro atoms. The fourth-order valence-corrected chi connectivity index (χ4v) is 2.70. The van der Waals surface area contributed by atoms with Crippen molar-refractivity contribution >= 4 is 11.9 Å². The van der Waals surface area contributed by atoms with E-state index in [4.69, 9.17) is 5.11 Å². The van der Waals surface area contributed by atoms with Crippen LogP contribution in [0.5, 0.6) is 0 Å². The zero-order chi connectivity index (χ0) is 12.1. The molecule has 90 valence electrons. The molecule has 5 heteroatoms. The highest BCUT2D eigenvalue weighted by molar-refractivity contribution is 5.91. The second kappa shape index (κ2) is 3.45. The highest BCUT2D eigenvalue weighted by Gasteiger charge is 2.66. The van der Waals surface area contributed by atoms with Crippen LogP contribution in [0.4, 0.5) is 0 Å². The molecule has 1 aliphatic carbocycles. The van der Waals surface area contributed by atoms with E-state index in [-0.39, 0.29) is 5.91 Å². The first-order valence-electron chi connectivity index (χ1n) is 5.55. The van der Waals surface area contributed by atoms with E-state index in [9.17, 15) is 14.7 Å². The Bertz CT molecular complexity index is 339. The van der Waals surface area contributed by atoms with Crippen LogP contribution in [0.2, 0.25) is 0 Å². The summed E-state index contributed by atoms with van der Waals surface area (Å²) in [7, 11) is 0. The van der Waals surface area contributed by atoms with Crippen molar-refractivity contribution in [3.63, 3.8) is 0 Å². The molecule has 2 N–H and O–H groups in total. The van der Waals surface area contributed by atoms with Crippen LogP contribution in [0.1, 0.15) is 20.3 Å². The van der Waals surface area contributed by atoms with Gasteiger partial charge in [0.15, 0.2) is 0 Å². The summed E-state index contributed by atoms with van der Waals surface area (Å²) in [6, 6.07) is 0. The minimum absolute atomic E-state index is 0.117. The number of hydrogen-bond acceptors (Lipinski definition) is 3. The third-order valence-electron chi connectivity index (χ3n) is 3.83. The molecular formula is C11H17NO4. The van der Waals surface area contributed by atoms with Crippen molar-refractivity contribution in [2.45, 2.75) is 26.4 Å². The van der Waals surface area contributed by atoms with E-state index in [0.29, 0.717) is 19.5 Å². The van der Waals surface area contributed by atoms with Crippen molar-refractivity contribution in [3.05, 3.63) is 0 Å². The Labute approximate surface area is 94.0 Å². The first-order chi connectivity index (χ1) is 7.35. The van der Waals surface area contributed by atoms with Crippen LogP contribution in [-0.4, -0.2) is 46.2 Å². The molecule has 1 heterocycles. The van der Waals surface area contributed by atoms with Gasteiger partial charge in [-0.05, 0) is 11.8 Å². The van der Waals surface area contributed by atoms with E-state index >= 15 is 0 Å². The number of carbonyl (C=O) groups is 2. The largest absolute Gasteiger partial charge is 0.481 e. The Morgan fingerprint density at radius 1 is 1.31 bits per heavy atom. The molecule has 2 fully saturated rings. The van der Waals surface area contributed by atoms with Crippen molar-refractivity contribution in [3.8, 4) is 0 Å². The Morgan fingerprint density at radius 2 is 1.94 bits per heavy atom. The quantitative estimate of drug-likeness (QED) is 0.692. The number of aliphatic carboxylic acids is 1. The van der Waals surface area contributed by atoms with Gasteiger partial charge in [-0.2, -0.15) is 0 Å². The van der Waals surface area contributed by atoms with Crippen molar-refractivity contribution in [1.29, 1.82) is 0 Å². The second-order valence-corrected chi connectivity index (χ2v) is 5.34. The van der Waals surface area contributed by atoms with Crippen LogP contribution < -0.4 is 0 Å². The molecule has 2 aliphatic rings. The van der Waals surface area contributed by atoms with E-state index < -0.39 is 29.3 Å². The van der Waals surface area contributed by atoms with Gasteiger partial charge in [0, 0.05) is 13.1 Å². The molecule has 1 saturated carbocycles. The van der Waals surface area contributed by atoms with Gasteiger partial charge in [-0.1, -0.05) is 13.8 Å². The fourth-order valence-electron chi connectivity index (χ4n) is 2.70. The minimum Gasteiger partial charge on any atom is -0.481 e. The SMILES string of the molecule is CC1(C)C(C(=O)O)C1C(=O)N1CC[C@H](O)C1. The van der Waals surface area contributed by atoms with Gasteiger partial charge in [-0.15, -0.1) is 0 Å². The maximum Gasteiger partial charge on any atom is 0.307 e. The fraction of sp³-hybridized carbons (Fsp3) is 0.818. The number of rotatable bonds is 2. The maximum absolute atomic E-state index is 12.0. The molecule has 0 aromatic carbocycles. The number of carboxylic acids is 1. The van der Waals surface area contributed by atoms with Crippen LogP contribution in [0.25, 0.3) is 0 Å². The van der Waals surface area contributed by atoms with E-state index in [1.807, 2.05) is 0 Å². The highest BCUT2D eigenvalue weighted by atomic mass is 16.4. The van der Waals surface area contributed by atoms with Crippen molar-refractivity contribution < 1.29 is 19.8 Å². The molecule has 1 amide bonds. The average molecular weight is 227 g/mol. The molecule has 5 nitrogen and oxygen atoms in total. The van der Waals surface area contributed by atoms with E-state index in [1.165, 1.54) is 0 Å². The molecule has 2 rings (SSSR count). The molecular weight excluding hydrogens is 210 g/mol. The van der Waals surface area contributed by atoms with Crippen molar-refractivity contribution in [2.75, 3.05) is 13.1 Å². The summed E-state index contributed by atoms with van der Waals surface area (Å²) in [6.07, 6.45) is 0.144. The monoisotopic (exact) mass is 227 g/mol. The number of amides is 1.